The molecule has 8 aromatic rings. The van der Waals surface area contributed by atoms with E-state index in [1.165, 1.54) is 88.9 Å². The molecule has 0 unspecified atom stereocenters. The van der Waals surface area contributed by atoms with Crippen LogP contribution in [0, 0.1) is 0 Å². The van der Waals surface area contributed by atoms with Crippen molar-refractivity contribution in [3.05, 3.63) is 198 Å². The molecule has 3 aliphatic rings. The summed E-state index contributed by atoms with van der Waals surface area (Å²) in [5, 5.41) is 2.50. The van der Waals surface area contributed by atoms with E-state index < -0.39 is 0 Å². The highest BCUT2D eigenvalue weighted by Gasteiger charge is 2.29. The lowest BCUT2D eigenvalue weighted by Crippen LogP contribution is -2.12. The molecular weight excluding hydrogens is 629 g/mol. The summed E-state index contributed by atoms with van der Waals surface area (Å²) in [6, 6.07) is 58.6. The number of benzene rings is 7. The number of nitrogens with zero attached hydrogens (tertiary/aromatic N) is 2. The lowest BCUT2D eigenvalue weighted by atomic mass is 9.96. The predicted molar refractivity (Wildman–Crippen MR) is 218 cm³/mol. The minimum absolute atomic E-state index is 0.988. The van der Waals surface area contributed by atoms with Crippen molar-refractivity contribution in [1.82, 2.24) is 4.57 Å². The van der Waals surface area contributed by atoms with Crippen molar-refractivity contribution in [3.8, 4) is 27.9 Å². The molecule has 0 amide bonds. The molecule has 1 heterocycles. The highest BCUT2D eigenvalue weighted by atomic mass is 15.1. The average molecular weight is 665 g/mol. The third-order valence-electron chi connectivity index (χ3n) is 11.5. The Morgan fingerprint density at radius 1 is 0.500 bits per heavy atom. The van der Waals surface area contributed by atoms with E-state index in [2.05, 4.69) is 179 Å². The Hall–Kier alpha value is -6.38. The number of hydrogen-bond acceptors (Lipinski definition) is 1. The van der Waals surface area contributed by atoms with Gasteiger partial charge in [-0.05, 0) is 131 Å². The smallest absolute Gasteiger partial charge is 0.0542 e. The van der Waals surface area contributed by atoms with Gasteiger partial charge in [-0.2, -0.15) is 0 Å². The quantitative estimate of drug-likeness (QED) is 0.178. The second kappa shape index (κ2) is 11.6. The zero-order valence-corrected chi connectivity index (χ0v) is 28.9. The molecule has 2 heteroatoms. The maximum Gasteiger partial charge on any atom is 0.0542 e. The van der Waals surface area contributed by atoms with Gasteiger partial charge in [0, 0.05) is 33.4 Å². The summed E-state index contributed by atoms with van der Waals surface area (Å²) in [5.41, 5.74) is 21.0. The molecule has 3 aliphatic carbocycles. The van der Waals surface area contributed by atoms with Crippen LogP contribution in [0.25, 0.3) is 55.3 Å². The molecule has 1 aromatic heterocycles. The van der Waals surface area contributed by atoms with Crippen LogP contribution >= 0.6 is 0 Å². The number of aromatic nitrogens is 1. The van der Waals surface area contributed by atoms with Crippen molar-refractivity contribution in [1.29, 1.82) is 0 Å². The van der Waals surface area contributed by atoms with Gasteiger partial charge in [-0.15, -0.1) is 0 Å². The van der Waals surface area contributed by atoms with Crippen LogP contribution in [0.15, 0.2) is 175 Å². The van der Waals surface area contributed by atoms with Crippen molar-refractivity contribution in [3.63, 3.8) is 0 Å². The Labute approximate surface area is 304 Å². The maximum atomic E-state index is 2.53. The molecule has 0 spiro atoms. The van der Waals surface area contributed by atoms with Crippen LogP contribution in [0.5, 0.6) is 0 Å². The molecule has 11 rings (SSSR count). The van der Waals surface area contributed by atoms with E-state index in [4.69, 9.17) is 0 Å². The molecule has 0 radical (unpaired) electrons. The molecule has 0 aliphatic heterocycles. The molecular formula is C50H36N2. The molecule has 0 atom stereocenters. The Morgan fingerprint density at radius 2 is 1.21 bits per heavy atom. The van der Waals surface area contributed by atoms with Gasteiger partial charge < -0.3 is 9.47 Å². The van der Waals surface area contributed by atoms with E-state index in [1.54, 1.807) is 5.57 Å². The van der Waals surface area contributed by atoms with Crippen molar-refractivity contribution in [2.24, 2.45) is 0 Å². The first-order valence-corrected chi connectivity index (χ1v) is 18.5. The first kappa shape index (κ1) is 29.4. The van der Waals surface area contributed by atoms with Crippen LogP contribution in [0.2, 0.25) is 0 Å². The molecule has 7 aromatic carbocycles. The van der Waals surface area contributed by atoms with E-state index in [0.717, 1.165) is 31.4 Å². The minimum Gasteiger partial charge on any atom is -0.310 e. The van der Waals surface area contributed by atoms with Crippen molar-refractivity contribution in [2.45, 2.75) is 25.7 Å². The highest BCUT2D eigenvalue weighted by molar-refractivity contribution is 6.12. The van der Waals surface area contributed by atoms with Crippen molar-refractivity contribution >= 4 is 44.4 Å². The normalized spacial score (nSPS) is 14.1. The van der Waals surface area contributed by atoms with E-state index >= 15 is 0 Å². The Kier molecular flexibility index (Phi) is 6.54. The fourth-order valence-corrected chi connectivity index (χ4v) is 9.11. The third-order valence-corrected chi connectivity index (χ3v) is 11.5. The summed E-state index contributed by atoms with van der Waals surface area (Å²) in [4.78, 5) is 2.53. The van der Waals surface area contributed by atoms with Crippen LogP contribution < -0.4 is 4.90 Å². The van der Waals surface area contributed by atoms with Gasteiger partial charge in [0.1, 0.15) is 0 Å². The topological polar surface area (TPSA) is 8.17 Å². The monoisotopic (exact) mass is 664 g/mol. The standard InChI is InChI=1S/C50H36N2/c1-3-12-33(13-4-1)34-23-26-47-45(30-34)46-32-41(25-27-48(46)52(47)39-17-5-2-6-18-39)51(40-24-22-37-28-35-14-7-9-19-42(35)44(37)31-40)49-21-11-16-38-29-36-15-8-10-20-43(36)50(38)49/h1-7,9-14,16-27,30-32H,8,15,28-29H2. The van der Waals surface area contributed by atoms with Gasteiger partial charge in [0.15, 0.2) is 0 Å². The van der Waals surface area contributed by atoms with Crippen molar-refractivity contribution in [2.75, 3.05) is 4.90 Å². The Bertz CT molecular complexity index is 2780. The number of para-hydroxylation sites is 1. The van der Waals surface area contributed by atoms with Gasteiger partial charge in [0.05, 0.1) is 16.7 Å². The summed E-state index contributed by atoms with van der Waals surface area (Å²) in [7, 11) is 0. The number of fused-ring (bicyclic) bond motifs is 8. The highest BCUT2D eigenvalue weighted by Crippen LogP contribution is 2.49. The largest absolute Gasteiger partial charge is 0.310 e. The van der Waals surface area contributed by atoms with Crippen molar-refractivity contribution < 1.29 is 0 Å². The number of allylic oxidation sites excluding steroid dienone is 4. The fraction of sp³-hybridized carbons (Fsp3) is 0.0800. The zero-order chi connectivity index (χ0) is 34.2. The zero-order valence-electron chi connectivity index (χ0n) is 28.9. The summed E-state index contributed by atoms with van der Waals surface area (Å²) in [5.74, 6) is 0. The molecule has 0 fully saturated rings. The lowest BCUT2D eigenvalue weighted by Gasteiger charge is -2.29. The Balaban J connectivity index is 1.18. The van der Waals surface area contributed by atoms with Crippen LogP contribution in [0.3, 0.4) is 0 Å². The molecule has 0 saturated heterocycles. The second-order valence-electron chi connectivity index (χ2n) is 14.4. The van der Waals surface area contributed by atoms with Crippen LogP contribution in [-0.2, 0) is 12.8 Å². The predicted octanol–water partition coefficient (Wildman–Crippen LogP) is 13.2. The van der Waals surface area contributed by atoms with Gasteiger partial charge in [-0.3, -0.25) is 0 Å². The third kappa shape index (κ3) is 4.50. The number of rotatable bonds is 5. The summed E-state index contributed by atoms with van der Waals surface area (Å²) in [6.45, 7) is 0. The van der Waals surface area contributed by atoms with Gasteiger partial charge in [0.2, 0.25) is 0 Å². The fourth-order valence-electron chi connectivity index (χ4n) is 9.11. The first-order chi connectivity index (χ1) is 25.8. The minimum atomic E-state index is 0.988. The van der Waals surface area contributed by atoms with Crippen LogP contribution in [0.1, 0.15) is 35.1 Å². The second-order valence-corrected chi connectivity index (χ2v) is 14.4. The summed E-state index contributed by atoms with van der Waals surface area (Å²) < 4.78 is 2.42. The van der Waals surface area contributed by atoms with Gasteiger partial charge in [-0.1, -0.05) is 115 Å². The molecule has 0 N–H and O–H groups in total. The molecule has 0 bridgehead atoms. The maximum absolute atomic E-state index is 2.53. The summed E-state index contributed by atoms with van der Waals surface area (Å²) in [6.07, 6.45) is 9.04. The van der Waals surface area contributed by atoms with Gasteiger partial charge >= 0.3 is 0 Å². The average Bonchev–Trinajstić information content (AvgIpc) is 3.88. The van der Waals surface area contributed by atoms with Crippen LogP contribution in [-0.4, -0.2) is 4.57 Å². The lowest BCUT2D eigenvalue weighted by molar-refractivity contribution is 0.935. The number of anilines is 3. The molecule has 52 heavy (non-hydrogen) atoms. The number of hydrogen-bond donors (Lipinski definition) is 0. The Morgan fingerprint density at radius 3 is 2.10 bits per heavy atom. The van der Waals surface area contributed by atoms with Gasteiger partial charge in [-0.25, -0.2) is 0 Å². The molecule has 246 valence electrons. The SMILES string of the molecule is C1=CC2=C(CC1)Cc1cccc(N(c3ccc4c(c3)-c3ccccc3C4)c3ccc4c(c3)c3cc(-c5ccccc5)ccc3n4-c3ccccc3)c12. The van der Waals surface area contributed by atoms with E-state index in [0.29, 0.717) is 0 Å². The summed E-state index contributed by atoms with van der Waals surface area (Å²) >= 11 is 0. The van der Waals surface area contributed by atoms with E-state index in [-0.39, 0.29) is 0 Å². The van der Waals surface area contributed by atoms with E-state index in [1.807, 2.05) is 0 Å². The molecule has 2 nitrogen and oxygen atoms in total. The van der Waals surface area contributed by atoms with Crippen LogP contribution in [0.4, 0.5) is 17.1 Å². The van der Waals surface area contributed by atoms with Gasteiger partial charge in [0.25, 0.3) is 0 Å². The van der Waals surface area contributed by atoms with E-state index in [9.17, 15) is 0 Å². The first-order valence-electron chi connectivity index (χ1n) is 18.5. The molecule has 0 saturated carbocycles.